The number of ether oxygens (including phenoxy) is 1. The van der Waals surface area contributed by atoms with Gasteiger partial charge in [-0.05, 0) is 71.8 Å². The van der Waals surface area contributed by atoms with Crippen LogP contribution in [-0.2, 0) is 11.4 Å². The number of nitrogens with one attached hydrogen (secondary N) is 1. The Morgan fingerprint density at radius 3 is 2.44 bits per heavy atom. The molecule has 0 fully saturated rings. The molecule has 1 N–H and O–H groups in total. The lowest BCUT2D eigenvalue weighted by Crippen LogP contribution is -2.20. The zero-order chi connectivity index (χ0) is 26.9. The van der Waals surface area contributed by atoms with E-state index in [0.29, 0.717) is 22.6 Å². The molecule has 0 saturated carbocycles. The van der Waals surface area contributed by atoms with Gasteiger partial charge in [0.1, 0.15) is 12.4 Å². The smallest absolute Gasteiger partial charge is 0.250 e. The van der Waals surface area contributed by atoms with Crippen molar-refractivity contribution in [3.63, 3.8) is 0 Å². The van der Waals surface area contributed by atoms with Crippen molar-refractivity contribution in [3.8, 4) is 22.8 Å². The molecule has 0 aliphatic rings. The Morgan fingerprint density at radius 2 is 1.69 bits per heavy atom. The van der Waals surface area contributed by atoms with Crippen LogP contribution in [-0.4, -0.2) is 37.6 Å². The zero-order valence-corrected chi connectivity index (χ0v) is 22.2. The Morgan fingerprint density at radius 1 is 0.949 bits per heavy atom. The number of halogens is 1. The predicted molar refractivity (Wildman–Crippen MR) is 153 cm³/mol. The highest BCUT2D eigenvalue weighted by Crippen LogP contribution is 2.28. The Labute approximate surface area is 234 Å². The fraction of sp³-hybridized carbons (Fsp3) is 0.0690. The maximum absolute atomic E-state index is 12.5. The maximum Gasteiger partial charge on any atom is 0.250 e. The van der Waals surface area contributed by atoms with Crippen LogP contribution in [0.1, 0.15) is 11.1 Å². The first-order valence-corrected chi connectivity index (χ1v) is 13.4. The van der Waals surface area contributed by atoms with E-state index in [4.69, 9.17) is 16.3 Å². The molecule has 39 heavy (non-hydrogen) atoms. The molecule has 0 aliphatic carbocycles. The number of pyridine rings is 1. The molecular weight excluding hydrogens is 532 g/mol. The summed E-state index contributed by atoms with van der Waals surface area (Å²) in [5, 5.41) is 14.0. The Bertz CT molecular complexity index is 1540. The summed E-state index contributed by atoms with van der Waals surface area (Å²) in [5.74, 6) is 1.23. The average molecular weight is 555 g/mol. The van der Waals surface area contributed by atoms with Crippen LogP contribution in [0.3, 0.4) is 0 Å². The molecule has 8 nitrogen and oxygen atoms in total. The summed E-state index contributed by atoms with van der Waals surface area (Å²) in [4.78, 5) is 16.6. The number of hydrogen-bond acceptors (Lipinski definition) is 7. The minimum absolute atomic E-state index is 0.103. The first kappa shape index (κ1) is 26.1. The average Bonchev–Trinajstić information content (AvgIpc) is 3.41. The normalized spacial score (nSPS) is 11.0. The molecule has 2 heterocycles. The third-order valence-corrected chi connectivity index (χ3v) is 6.70. The molecule has 0 atom stereocenters. The highest BCUT2D eigenvalue weighted by Gasteiger charge is 2.17. The van der Waals surface area contributed by atoms with E-state index in [1.54, 1.807) is 30.7 Å². The molecular formula is C29H23ClN6O2S. The first-order chi connectivity index (χ1) is 19.2. The summed E-state index contributed by atoms with van der Waals surface area (Å²) in [7, 11) is 0. The number of rotatable bonds is 10. The fourth-order valence-electron chi connectivity index (χ4n) is 3.61. The molecule has 0 unspecified atom stereocenters. The van der Waals surface area contributed by atoms with Crippen LogP contribution in [0.15, 0.2) is 114 Å². The summed E-state index contributed by atoms with van der Waals surface area (Å²) in [6.45, 7) is 0.498. The van der Waals surface area contributed by atoms with E-state index >= 15 is 0 Å². The van der Waals surface area contributed by atoms with Crippen molar-refractivity contribution in [1.82, 2.24) is 25.2 Å². The van der Waals surface area contributed by atoms with Crippen molar-refractivity contribution >= 4 is 35.5 Å². The fourth-order valence-corrected chi connectivity index (χ4v) is 4.48. The molecule has 0 spiro atoms. The second-order valence-electron chi connectivity index (χ2n) is 8.28. The van der Waals surface area contributed by atoms with Gasteiger partial charge in [0.05, 0.1) is 12.0 Å². The van der Waals surface area contributed by atoms with Crippen LogP contribution < -0.4 is 10.2 Å². The van der Waals surface area contributed by atoms with Crippen molar-refractivity contribution in [2.45, 2.75) is 11.8 Å². The Balaban J connectivity index is 1.18. The van der Waals surface area contributed by atoms with Gasteiger partial charge < -0.3 is 4.74 Å². The van der Waals surface area contributed by atoms with Crippen molar-refractivity contribution < 1.29 is 9.53 Å². The number of hydrazone groups is 1. The van der Waals surface area contributed by atoms with E-state index in [1.165, 1.54) is 11.8 Å². The molecule has 194 valence electrons. The first-order valence-electron chi connectivity index (χ1n) is 12.0. The van der Waals surface area contributed by atoms with Crippen molar-refractivity contribution in [1.29, 1.82) is 0 Å². The third kappa shape index (κ3) is 7.10. The van der Waals surface area contributed by atoms with E-state index < -0.39 is 0 Å². The van der Waals surface area contributed by atoms with Gasteiger partial charge in [-0.15, -0.1) is 10.2 Å². The van der Waals surface area contributed by atoms with E-state index in [9.17, 15) is 4.79 Å². The molecule has 2 aromatic heterocycles. The van der Waals surface area contributed by atoms with Crippen LogP contribution >= 0.6 is 23.4 Å². The van der Waals surface area contributed by atoms with Gasteiger partial charge in [0.15, 0.2) is 11.0 Å². The minimum Gasteiger partial charge on any atom is -0.489 e. The van der Waals surface area contributed by atoms with Crippen LogP contribution in [0.25, 0.3) is 17.1 Å². The molecule has 0 saturated heterocycles. The summed E-state index contributed by atoms with van der Waals surface area (Å²) < 4.78 is 7.68. The molecule has 3 aromatic carbocycles. The monoisotopic (exact) mass is 554 g/mol. The summed E-state index contributed by atoms with van der Waals surface area (Å²) in [6.07, 6.45) is 4.97. The zero-order valence-electron chi connectivity index (χ0n) is 20.6. The minimum atomic E-state index is -0.268. The molecule has 5 aromatic rings. The van der Waals surface area contributed by atoms with Crippen LogP contribution in [0.4, 0.5) is 0 Å². The third-order valence-electron chi connectivity index (χ3n) is 5.52. The summed E-state index contributed by atoms with van der Waals surface area (Å²) in [5.41, 5.74) is 6.18. The number of carbonyl (C=O) groups is 1. The molecule has 0 bridgehead atoms. The SMILES string of the molecule is O=C(CSc1nnc(-c2ccncc2)n1-c1ccc(Cl)cc1)N/N=C/c1ccc(OCc2ccccc2)cc1. The number of aromatic nitrogens is 4. The highest BCUT2D eigenvalue weighted by atomic mass is 35.5. The molecule has 10 heteroatoms. The van der Waals surface area contributed by atoms with Crippen molar-refractivity contribution in [2.24, 2.45) is 5.10 Å². The van der Waals surface area contributed by atoms with Crippen molar-refractivity contribution in [2.75, 3.05) is 5.75 Å². The summed E-state index contributed by atoms with van der Waals surface area (Å²) in [6, 6.07) is 28.5. The molecule has 1 amide bonds. The number of hydrogen-bond donors (Lipinski definition) is 1. The second-order valence-corrected chi connectivity index (χ2v) is 9.66. The molecule has 5 rings (SSSR count). The number of carbonyl (C=O) groups excluding carboxylic acids is 1. The van der Waals surface area contributed by atoms with E-state index in [0.717, 1.165) is 28.1 Å². The molecule has 0 aliphatic heterocycles. The lowest BCUT2D eigenvalue weighted by molar-refractivity contribution is -0.118. The van der Waals surface area contributed by atoms with Gasteiger partial charge in [0.2, 0.25) is 0 Å². The number of nitrogens with zero attached hydrogens (tertiary/aromatic N) is 5. The van der Waals surface area contributed by atoms with Gasteiger partial charge in [-0.2, -0.15) is 5.10 Å². The van der Waals surface area contributed by atoms with Crippen LogP contribution in [0, 0.1) is 0 Å². The standard InChI is InChI=1S/C29H23ClN6O2S/c30-24-8-10-25(11-9-24)36-28(23-14-16-31-17-15-23)34-35-29(36)39-20-27(37)33-32-18-21-6-12-26(13-7-21)38-19-22-4-2-1-3-5-22/h1-18H,19-20H2,(H,33,37)/b32-18+. The topological polar surface area (TPSA) is 94.3 Å². The number of thioether (sulfide) groups is 1. The van der Waals surface area contributed by atoms with Gasteiger partial charge in [-0.1, -0.05) is 53.7 Å². The van der Waals surface area contributed by atoms with E-state index in [1.807, 2.05) is 83.4 Å². The lowest BCUT2D eigenvalue weighted by Gasteiger charge is -2.10. The van der Waals surface area contributed by atoms with Crippen LogP contribution in [0.5, 0.6) is 5.75 Å². The number of amides is 1. The van der Waals surface area contributed by atoms with E-state index in [-0.39, 0.29) is 11.7 Å². The van der Waals surface area contributed by atoms with E-state index in [2.05, 4.69) is 25.7 Å². The van der Waals surface area contributed by atoms with Gasteiger partial charge in [-0.3, -0.25) is 14.3 Å². The van der Waals surface area contributed by atoms with Gasteiger partial charge in [0.25, 0.3) is 5.91 Å². The second kappa shape index (κ2) is 12.9. The Hall–Kier alpha value is -4.47. The predicted octanol–water partition coefficient (Wildman–Crippen LogP) is 5.80. The quantitative estimate of drug-likeness (QED) is 0.133. The lowest BCUT2D eigenvalue weighted by atomic mass is 10.2. The van der Waals surface area contributed by atoms with Gasteiger partial charge in [0, 0.05) is 28.7 Å². The Kier molecular flexibility index (Phi) is 8.62. The maximum atomic E-state index is 12.5. The van der Waals surface area contributed by atoms with Crippen LogP contribution in [0.2, 0.25) is 5.02 Å². The van der Waals surface area contributed by atoms with Gasteiger partial charge in [-0.25, -0.2) is 5.43 Å². The van der Waals surface area contributed by atoms with Crippen molar-refractivity contribution in [3.05, 3.63) is 120 Å². The largest absolute Gasteiger partial charge is 0.489 e. The number of benzene rings is 3. The van der Waals surface area contributed by atoms with Gasteiger partial charge >= 0.3 is 0 Å². The highest BCUT2D eigenvalue weighted by molar-refractivity contribution is 7.99. The summed E-state index contributed by atoms with van der Waals surface area (Å²) >= 11 is 7.34. The molecule has 0 radical (unpaired) electrons.